The average molecular weight is 354 g/mol. The Labute approximate surface area is 119 Å². The summed E-state index contributed by atoms with van der Waals surface area (Å²) in [5.74, 6) is 0.00938. The predicted octanol–water partition coefficient (Wildman–Crippen LogP) is 4.09. The van der Waals surface area contributed by atoms with Gasteiger partial charge in [0.1, 0.15) is 17.1 Å². The highest BCUT2D eigenvalue weighted by atomic mass is 127. The molecule has 0 heterocycles. The Morgan fingerprint density at radius 1 is 1.22 bits per heavy atom. The lowest BCUT2D eigenvalue weighted by Gasteiger charge is -2.09. The van der Waals surface area contributed by atoms with Crippen molar-refractivity contribution in [2.24, 2.45) is 0 Å². The molecule has 4 heteroatoms. The van der Waals surface area contributed by atoms with Crippen molar-refractivity contribution in [2.45, 2.75) is 6.92 Å². The molecule has 0 atom stereocenters. The zero-order valence-corrected chi connectivity index (χ0v) is 11.8. The molecule has 18 heavy (non-hydrogen) atoms. The molecule has 2 aromatic rings. The van der Waals surface area contributed by atoms with E-state index in [1.54, 1.807) is 24.3 Å². The first kappa shape index (κ1) is 12.9. The second-order valence-electron chi connectivity index (χ2n) is 3.86. The normalized spacial score (nSPS) is 10.1. The number of ether oxygens (including phenoxy) is 1. The van der Waals surface area contributed by atoms with Crippen molar-refractivity contribution in [3.05, 3.63) is 57.2 Å². The van der Waals surface area contributed by atoms with Crippen LogP contribution in [0.25, 0.3) is 0 Å². The van der Waals surface area contributed by atoms with Gasteiger partial charge in [-0.15, -0.1) is 0 Å². The Morgan fingerprint density at radius 2 is 2.00 bits per heavy atom. The number of aryl methyl sites for hydroxylation is 1. The van der Waals surface area contributed by atoms with Gasteiger partial charge in [0.05, 0.1) is 0 Å². The van der Waals surface area contributed by atoms with Gasteiger partial charge in [-0.2, -0.15) is 0 Å². The molecule has 3 nitrogen and oxygen atoms in total. The summed E-state index contributed by atoms with van der Waals surface area (Å²) in [4.78, 5) is 11.1. The van der Waals surface area contributed by atoms with E-state index in [-0.39, 0.29) is 5.56 Å². The molecule has 0 bridgehead atoms. The minimum atomic E-state index is -0.990. The fourth-order valence-corrected chi connectivity index (χ4v) is 2.06. The van der Waals surface area contributed by atoms with E-state index in [1.165, 1.54) is 0 Å². The summed E-state index contributed by atoms with van der Waals surface area (Å²) in [6, 6.07) is 12.5. The van der Waals surface area contributed by atoms with E-state index in [1.807, 2.05) is 25.1 Å². The van der Waals surface area contributed by atoms with Gasteiger partial charge in [-0.3, -0.25) is 0 Å². The first-order valence-corrected chi connectivity index (χ1v) is 6.41. The highest BCUT2D eigenvalue weighted by Gasteiger charge is 2.12. The molecule has 0 spiro atoms. The van der Waals surface area contributed by atoms with Gasteiger partial charge in [-0.05, 0) is 65.4 Å². The Balaban J connectivity index is 2.39. The Hall–Kier alpha value is -1.56. The summed E-state index contributed by atoms with van der Waals surface area (Å²) in [6.45, 7) is 1.90. The van der Waals surface area contributed by atoms with Crippen LogP contribution in [0.3, 0.4) is 0 Å². The lowest BCUT2D eigenvalue weighted by Crippen LogP contribution is -2.00. The Kier molecular flexibility index (Phi) is 3.86. The van der Waals surface area contributed by atoms with E-state index >= 15 is 0 Å². The molecule has 92 valence electrons. The zero-order chi connectivity index (χ0) is 13.1. The maximum atomic E-state index is 11.1. The van der Waals surface area contributed by atoms with Gasteiger partial charge in [-0.25, -0.2) is 4.79 Å². The van der Waals surface area contributed by atoms with E-state index < -0.39 is 5.97 Å². The SMILES string of the molecule is Cc1ccc(C(=O)O)c(Oc2cccc(I)c2)c1. The largest absolute Gasteiger partial charge is 0.478 e. The summed E-state index contributed by atoms with van der Waals surface area (Å²) < 4.78 is 6.68. The summed E-state index contributed by atoms with van der Waals surface area (Å²) in [5.41, 5.74) is 1.13. The first-order chi connectivity index (χ1) is 8.56. The molecule has 2 rings (SSSR count). The van der Waals surface area contributed by atoms with Crippen LogP contribution in [0.15, 0.2) is 42.5 Å². The van der Waals surface area contributed by atoms with E-state index in [4.69, 9.17) is 9.84 Å². The molecular formula is C14H11IO3. The molecule has 2 aromatic carbocycles. The van der Waals surface area contributed by atoms with Crippen LogP contribution in [-0.2, 0) is 0 Å². The monoisotopic (exact) mass is 354 g/mol. The molecule has 1 N–H and O–H groups in total. The fraction of sp³-hybridized carbons (Fsp3) is 0.0714. The van der Waals surface area contributed by atoms with Crippen molar-refractivity contribution < 1.29 is 14.6 Å². The lowest BCUT2D eigenvalue weighted by molar-refractivity contribution is 0.0694. The van der Waals surface area contributed by atoms with Crippen LogP contribution in [0.1, 0.15) is 15.9 Å². The van der Waals surface area contributed by atoms with Crippen molar-refractivity contribution >= 4 is 28.6 Å². The second-order valence-corrected chi connectivity index (χ2v) is 5.11. The molecule has 0 aliphatic rings. The van der Waals surface area contributed by atoms with Crippen LogP contribution in [0.4, 0.5) is 0 Å². The number of benzene rings is 2. The number of rotatable bonds is 3. The van der Waals surface area contributed by atoms with Crippen LogP contribution in [0, 0.1) is 10.5 Å². The van der Waals surface area contributed by atoms with Gasteiger partial charge in [0.2, 0.25) is 0 Å². The quantitative estimate of drug-likeness (QED) is 0.845. The molecule has 0 fully saturated rings. The zero-order valence-electron chi connectivity index (χ0n) is 9.68. The number of hydrogen-bond acceptors (Lipinski definition) is 2. The number of carboxylic acid groups (broad SMARTS) is 1. The summed E-state index contributed by atoms with van der Waals surface area (Å²) in [7, 11) is 0. The lowest BCUT2D eigenvalue weighted by atomic mass is 10.1. The maximum Gasteiger partial charge on any atom is 0.339 e. The molecule has 0 aromatic heterocycles. The minimum Gasteiger partial charge on any atom is -0.478 e. The van der Waals surface area contributed by atoms with Crippen LogP contribution >= 0.6 is 22.6 Å². The van der Waals surface area contributed by atoms with Gasteiger partial charge in [0.25, 0.3) is 0 Å². The van der Waals surface area contributed by atoms with E-state index in [2.05, 4.69) is 22.6 Å². The van der Waals surface area contributed by atoms with Crippen molar-refractivity contribution in [3.8, 4) is 11.5 Å². The van der Waals surface area contributed by atoms with Crippen LogP contribution in [0.2, 0.25) is 0 Å². The fourth-order valence-electron chi connectivity index (χ4n) is 1.55. The van der Waals surface area contributed by atoms with Gasteiger partial charge in [-0.1, -0.05) is 12.1 Å². The molecule has 0 radical (unpaired) electrons. The van der Waals surface area contributed by atoms with E-state index in [0.717, 1.165) is 9.13 Å². The number of aromatic carboxylic acids is 1. The smallest absolute Gasteiger partial charge is 0.339 e. The predicted molar refractivity (Wildman–Crippen MR) is 77.4 cm³/mol. The Morgan fingerprint density at radius 3 is 2.67 bits per heavy atom. The van der Waals surface area contributed by atoms with Crippen LogP contribution in [0.5, 0.6) is 11.5 Å². The van der Waals surface area contributed by atoms with Crippen molar-refractivity contribution in [2.75, 3.05) is 0 Å². The molecular weight excluding hydrogens is 343 g/mol. The molecule has 0 unspecified atom stereocenters. The van der Waals surface area contributed by atoms with Gasteiger partial charge in [0.15, 0.2) is 0 Å². The van der Waals surface area contributed by atoms with Gasteiger partial charge >= 0.3 is 5.97 Å². The topological polar surface area (TPSA) is 46.5 Å². The van der Waals surface area contributed by atoms with Gasteiger partial charge < -0.3 is 9.84 Å². The van der Waals surface area contributed by atoms with Crippen LogP contribution < -0.4 is 4.74 Å². The molecule has 0 aliphatic heterocycles. The van der Waals surface area contributed by atoms with Crippen molar-refractivity contribution in [1.29, 1.82) is 0 Å². The first-order valence-electron chi connectivity index (χ1n) is 5.33. The minimum absolute atomic E-state index is 0.166. The highest BCUT2D eigenvalue weighted by Crippen LogP contribution is 2.27. The van der Waals surface area contributed by atoms with Gasteiger partial charge in [0, 0.05) is 3.57 Å². The number of hydrogen-bond donors (Lipinski definition) is 1. The summed E-state index contributed by atoms with van der Waals surface area (Å²) in [6.07, 6.45) is 0. The molecule has 0 saturated carbocycles. The van der Waals surface area contributed by atoms with Crippen molar-refractivity contribution in [1.82, 2.24) is 0 Å². The third kappa shape index (κ3) is 3.01. The highest BCUT2D eigenvalue weighted by molar-refractivity contribution is 14.1. The standard InChI is InChI=1S/C14H11IO3/c1-9-5-6-12(14(16)17)13(7-9)18-11-4-2-3-10(15)8-11/h2-8H,1H3,(H,16,17). The second kappa shape index (κ2) is 5.39. The third-order valence-electron chi connectivity index (χ3n) is 2.39. The molecule has 0 amide bonds. The number of halogens is 1. The third-order valence-corrected chi connectivity index (χ3v) is 3.06. The van der Waals surface area contributed by atoms with E-state index in [9.17, 15) is 4.79 Å². The number of carbonyl (C=O) groups is 1. The number of carboxylic acids is 1. The molecule has 0 aliphatic carbocycles. The average Bonchev–Trinajstić information content (AvgIpc) is 2.28. The Bertz CT molecular complexity index is 593. The molecule has 0 saturated heterocycles. The summed E-state index contributed by atoms with van der Waals surface area (Å²) in [5, 5.41) is 9.11. The van der Waals surface area contributed by atoms with E-state index in [0.29, 0.717) is 11.5 Å². The summed E-state index contributed by atoms with van der Waals surface area (Å²) >= 11 is 2.18. The maximum absolute atomic E-state index is 11.1. The van der Waals surface area contributed by atoms with Crippen LogP contribution in [-0.4, -0.2) is 11.1 Å². The van der Waals surface area contributed by atoms with Crippen molar-refractivity contribution in [3.63, 3.8) is 0 Å².